The predicted molar refractivity (Wildman–Crippen MR) is 100 cm³/mol. The van der Waals surface area contributed by atoms with Crippen LogP contribution in [0.4, 0.5) is 0 Å². The van der Waals surface area contributed by atoms with Crippen molar-refractivity contribution in [2.24, 2.45) is 0 Å². The van der Waals surface area contributed by atoms with Crippen LogP contribution in [-0.2, 0) is 38.5 Å². The largest absolute Gasteiger partial charge is 0.0613 e. The van der Waals surface area contributed by atoms with Crippen molar-refractivity contribution in [1.82, 2.24) is 0 Å². The van der Waals surface area contributed by atoms with Gasteiger partial charge >= 0.3 is 0 Å². The topological polar surface area (TPSA) is 0 Å². The fraction of sp³-hybridized carbons (Fsp3) is 0.478. The summed E-state index contributed by atoms with van der Waals surface area (Å²) in [5.74, 6) is 0. The van der Waals surface area contributed by atoms with Crippen LogP contribution in [0.15, 0.2) is 12.1 Å². The van der Waals surface area contributed by atoms with E-state index in [9.17, 15) is 0 Å². The lowest BCUT2D eigenvalue weighted by atomic mass is 9.85. The normalized spacial score (nSPS) is 12.4. The lowest BCUT2D eigenvalue weighted by molar-refractivity contribution is 0.973. The first-order valence-electron chi connectivity index (χ1n) is 9.42. The highest BCUT2D eigenvalue weighted by molar-refractivity contribution is 5.84. The smallest absolute Gasteiger partial charge is 0.000696 e. The molecule has 2 aromatic carbocycles. The zero-order valence-corrected chi connectivity index (χ0v) is 15.4. The summed E-state index contributed by atoms with van der Waals surface area (Å²) in [5, 5.41) is 0. The van der Waals surface area contributed by atoms with Gasteiger partial charge in [-0.3, -0.25) is 0 Å². The van der Waals surface area contributed by atoms with Crippen molar-refractivity contribution < 1.29 is 0 Å². The second-order valence-corrected chi connectivity index (χ2v) is 6.60. The molecule has 1 aliphatic rings. The van der Waals surface area contributed by atoms with Crippen LogP contribution in [0.25, 0.3) is 11.1 Å². The number of hydrogen-bond acceptors (Lipinski definition) is 0. The van der Waals surface area contributed by atoms with Crippen molar-refractivity contribution in [2.45, 2.75) is 73.1 Å². The molecule has 0 saturated carbocycles. The average molecular weight is 305 g/mol. The molecule has 0 saturated heterocycles. The first-order valence-corrected chi connectivity index (χ1v) is 9.42. The summed E-state index contributed by atoms with van der Waals surface area (Å²) in [6.45, 7) is 11.5. The van der Waals surface area contributed by atoms with Crippen LogP contribution in [0.5, 0.6) is 0 Å². The molecule has 0 bridgehead atoms. The summed E-state index contributed by atoms with van der Waals surface area (Å²) >= 11 is 0. The molecule has 0 amide bonds. The Balaban J connectivity index is 2.36. The first-order chi connectivity index (χ1) is 11.2. The van der Waals surface area contributed by atoms with Gasteiger partial charge < -0.3 is 0 Å². The molecular weight excluding hydrogens is 276 g/mol. The Hall–Kier alpha value is -1.56. The summed E-state index contributed by atoms with van der Waals surface area (Å²) in [6.07, 6.45) is 6.69. The van der Waals surface area contributed by atoms with E-state index in [0.717, 1.165) is 38.5 Å². The molecule has 0 spiro atoms. The average Bonchev–Trinajstić information content (AvgIpc) is 2.96. The molecule has 121 valence electrons. The Labute approximate surface area is 141 Å². The molecule has 0 nitrogen and oxygen atoms in total. The summed E-state index contributed by atoms with van der Waals surface area (Å²) in [6, 6.07) is 8.54. The van der Waals surface area contributed by atoms with Gasteiger partial charge in [0.15, 0.2) is 0 Å². The second kappa shape index (κ2) is 6.51. The van der Waals surface area contributed by atoms with Gasteiger partial charge in [-0.25, -0.2) is 0 Å². The number of hydrogen-bond donors (Lipinski definition) is 0. The molecule has 1 aliphatic carbocycles. The summed E-state index contributed by atoms with van der Waals surface area (Å²) in [4.78, 5) is 0. The third kappa shape index (κ3) is 2.43. The third-order valence-electron chi connectivity index (χ3n) is 5.54. The van der Waals surface area contributed by atoms with Gasteiger partial charge in [-0.1, -0.05) is 46.8 Å². The van der Waals surface area contributed by atoms with Crippen LogP contribution in [0.3, 0.4) is 0 Å². The minimum atomic E-state index is 1.08. The molecule has 1 radical (unpaired) electrons. The Morgan fingerprint density at radius 2 is 1.43 bits per heavy atom. The van der Waals surface area contributed by atoms with E-state index < -0.39 is 0 Å². The van der Waals surface area contributed by atoms with E-state index in [1.165, 1.54) is 22.3 Å². The van der Waals surface area contributed by atoms with Crippen molar-refractivity contribution in [3.63, 3.8) is 0 Å². The minimum Gasteiger partial charge on any atom is -0.0613 e. The fourth-order valence-electron chi connectivity index (χ4n) is 4.51. The van der Waals surface area contributed by atoms with Crippen LogP contribution in [0, 0.1) is 6.07 Å². The lowest BCUT2D eigenvalue weighted by Gasteiger charge is -2.19. The molecule has 0 atom stereocenters. The monoisotopic (exact) mass is 305 g/mol. The standard InChI is InChI=1S/C23H29/c1-6-15-11-12-17-14-18-13-16(7-2)19(8-3)21(10-5)23(18)22(17)20(15)9-4/h11-12H,6-10,14H2,1-5H3. The van der Waals surface area contributed by atoms with Crippen molar-refractivity contribution >= 4 is 0 Å². The van der Waals surface area contributed by atoms with E-state index in [2.05, 4.69) is 52.8 Å². The number of rotatable bonds is 5. The zero-order chi connectivity index (χ0) is 16.6. The Kier molecular flexibility index (Phi) is 4.62. The maximum Gasteiger partial charge on any atom is -0.000696 e. The maximum absolute atomic E-state index is 3.80. The highest BCUT2D eigenvalue weighted by atomic mass is 14.3. The molecule has 3 rings (SSSR count). The fourth-order valence-corrected chi connectivity index (χ4v) is 4.51. The zero-order valence-electron chi connectivity index (χ0n) is 15.4. The molecule has 0 unspecified atom stereocenters. The molecule has 0 fully saturated rings. The third-order valence-corrected chi connectivity index (χ3v) is 5.54. The molecule has 0 heteroatoms. The van der Waals surface area contributed by atoms with Gasteiger partial charge in [0.05, 0.1) is 0 Å². The molecule has 2 aromatic rings. The Bertz CT molecular complexity index is 734. The number of fused-ring (bicyclic) bond motifs is 3. The minimum absolute atomic E-state index is 1.08. The van der Waals surface area contributed by atoms with Gasteiger partial charge in [0.25, 0.3) is 0 Å². The highest BCUT2D eigenvalue weighted by Crippen LogP contribution is 2.44. The molecular formula is C23H29. The molecule has 0 heterocycles. The van der Waals surface area contributed by atoms with Crippen LogP contribution in [-0.4, -0.2) is 0 Å². The second-order valence-electron chi connectivity index (χ2n) is 6.60. The first kappa shape index (κ1) is 16.3. The van der Waals surface area contributed by atoms with Crippen LogP contribution < -0.4 is 0 Å². The van der Waals surface area contributed by atoms with Gasteiger partial charge in [0.1, 0.15) is 0 Å². The van der Waals surface area contributed by atoms with Gasteiger partial charge in [-0.15, -0.1) is 0 Å². The molecule has 0 aliphatic heterocycles. The van der Waals surface area contributed by atoms with Crippen LogP contribution >= 0.6 is 0 Å². The van der Waals surface area contributed by atoms with E-state index in [4.69, 9.17) is 0 Å². The summed E-state index contributed by atoms with van der Waals surface area (Å²) in [7, 11) is 0. The number of benzene rings is 2. The van der Waals surface area contributed by atoms with E-state index in [-0.39, 0.29) is 0 Å². The molecule has 23 heavy (non-hydrogen) atoms. The van der Waals surface area contributed by atoms with Crippen molar-refractivity contribution in [2.75, 3.05) is 0 Å². The summed E-state index contributed by atoms with van der Waals surface area (Å²) in [5.41, 5.74) is 13.8. The maximum atomic E-state index is 3.80. The van der Waals surface area contributed by atoms with Crippen molar-refractivity contribution in [3.8, 4) is 11.1 Å². The van der Waals surface area contributed by atoms with Crippen LogP contribution in [0.1, 0.15) is 73.6 Å². The van der Waals surface area contributed by atoms with E-state index in [1.54, 1.807) is 27.8 Å². The van der Waals surface area contributed by atoms with Gasteiger partial charge in [-0.05, 0) is 94.7 Å². The van der Waals surface area contributed by atoms with Crippen molar-refractivity contribution in [3.05, 3.63) is 57.1 Å². The SMILES string of the molecule is CCc1[c]c2c(c(CC)c1CC)-c1c(ccc(CC)c1CC)C2. The number of aryl methyl sites for hydroxylation is 2. The molecule has 0 aromatic heterocycles. The Morgan fingerprint density at radius 1 is 0.739 bits per heavy atom. The van der Waals surface area contributed by atoms with Gasteiger partial charge in [0, 0.05) is 0 Å². The van der Waals surface area contributed by atoms with E-state index in [0.29, 0.717) is 0 Å². The predicted octanol–water partition coefficient (Wildman–Crippen LogP) is 5.87. The molecule has 0 N–H and O–H groups in total. The van der Waals surface area contributed by atoms with Gasteiger partial charge in [-0.2, -0.15) is 0 Å². The Morgan fingerprint density at radius 3 is 2.00 bits per heavy atom. The summed E-state index contributed by atoms with van der Waals surface area (Å²) < 4.78 is 0. The van der Waals surface area contributed by atoms with E-state index >= 15 is 0 Å². The lowest BCUT2D eigenvalue weighted by Crippen LogP contribution is -2.03. The quantitative estimate of drug-likeness (QED) is 0.553. The van der Waals surface area contributed by atoms with Crippen molar-refractivity contribution in [1.29, 1.82) is 0 Å². The van der Waals surface area contributed by atoms with E-state index in [1.807, 2.05) is 0 Å². The highest BCUT2D eigenvalue weighted by Gasteiger charge is 2.27. The van der Waals surface area contributed by atoms with Crippen LogP contribution in [0.2, 0.25) is 0 Å². The van der Waals surface area contributed by atoms with Gasteiger partial charge in [0.2, 0.25) is 0 Å².